The molecule has 1 atom stereocenters. The number of rotatable bonds is 2. The van der Waals surface area contributed by atoms with E-state index in [4.69, 9.17) is 0 Å². The van der Waals surface area contributed by atoms with E-state index in [0.29, 0.717) is 18.5 Å². The predicted molar refractivity (Wildman–Crippen MR) is 76.0 cm³/mol. The third-order valence-electron chi connectivity index (χ3n) is 3.23. The molecule has 2 rings (SSSR count). The van der Waals surface area contributed by atoms with Gasteiger partial charge in [-0.15, -0.1) is 11.3 Å². The number of halogens is 2. The quantitative estimate of drug-likeness (QED) is 0.833. The Hall–Kier alpha value is -0.400. The topological polar surface area (TPSA) is 57.6 Å². The Morgan fingerprint density at radius 2 is 2.17 bits per heavy atom. The molecule has 1 aromatic heterocycles. The summed E-state index contributed by atoms with van der Waals surface area (Å²) in [6.45, 7) is 2.09. The number of amides is 1. The van der Waals surface area contributed by atoms with Gasteiger partial charge in [0.25, 0.3) is 5.91 Å². The van der Waals surface area contributed by atoms with Crippen molar-refractivity contribution in [1.29, 1.82) is 0 Å². The number of thiophene rings is 1. The molecule has 0 bridgehead atoms. The van der Waals surface area contributed by atoms with Crippen LogP contribution in [-0.4, -0.2) is 34.0 Å². The summed E-state index contributed by atoms with van der Waals surface area (Å²) in [6, 6.07) is 1.72. The second-order valence-corrected chi connectivity index (χ2v) is 8.13. The molecule has 7 heteroatoms. The SMILES string of the molecule is CC1(C(=O)O)CCCN1C(=O)c1cc(Br)sc1Br. The van der Waals surface area contributed by atoms with E-state index in [1.165, 1.54) is 16.2 Å². The maximum absolute atomic E-state index is 12.4. The molecule has 18 heavy (non-hydrogen) atoms. The van der Waals surface area contributed by atoms with Gasteiger partial charge in [-0.2, -0.15) is 0 Å². The molecule has 1 amide bonds. The fraction of sp³-hybridized carbons (Fsp3) is 0.455. The number of aliphatic carboxylic acids is 1. The predicted octanol–water partition coefficient (Wildman–Crippen LogP) is 3.35. The van der Waals surface area contributed by atoms with Gasteiger partial charge in [-0.3, -0.25) is 4.79 Å². The van der Waals surface area contributed by atoms with Crippen molar-refractivity contribution in [1.82, 2.24) is 4.90 Å². The van der Waals surface area contributed by atoms with Crippen molar-refractivity contribution in [2.45, 2.75) is 25.3 Å². The van der Waals surface area contributed by atoms with Crippen LogP contribution in [0.4, 0.5) is 0 Å². The van der Waals surface area contributed by atoms with Gasteiger partial charge < -0.3 is 10.0 Å². The van der Waals surface area contributed by atoms with E-state index in [0.717, 1.165) is 14.0 Å². The molecule has 1 N–H and O–H groups in total. The highest BCUT2D eigenvalue weighted by Gasteiger charge is 2.46. The Morgan fingerprint density at radius 3 is 2.67 bits per heavy atom. The van der Waals surface area contributed by atoms with Gasteiger partial charge in [0.2, 0.25) is 0 Å². The zero-order chi connectivity index (χ0) is 13.5. The largest absolute Gasteiger partial charge is 0.480 e. The summed E-state index contributed by atoms with van der Waals surface area (Å²) in [5.74, 6) is -1.18. The van der Waals surface area contributed by atoms with E-state index in [-0.39, 0.29) is 5.91 Å². The van der Waals surface area contributed by atoms with Gasteiger partial charge in [-0.05, 0) is 57.7 Å². The highest BCUT2D eigenvalue weighted by atomic mass is 79.9. The molecule has 2 heterocycles. The number of carbonyl (C=O) groups excluding carboxylic acids is 1. The molecule has 1 aliphatic heterocycles. The van der Waals surface area contributed by atoms with Crippen LogP contribution in [0.3, 0.4) is 0 Å². The maximum Gasteiger partial charge on any atom is 0.329 e. The van der Waals surface area contributed by atoms with Crippen LogP contribution in [0.1, 0.15) is 30.1 Å². The standard InChI is InChI=1S/C11H11Br2NO3S/c1-11(10(16)17)3-2-4-14(11)9(15)6-5-7(12)18-8(6)13/h5H,2-4H2,1H3,(H,16,17). The number of likely N-dealkylation sites (tertiary alicyclic amines) is 1. The van der Waals surface area contributed by atoms with Gasteiger partial charge in [0, 0.05) is 6.54 Å². The van der Waals surface area contributed by atoms with E-state index in [9.17, 15) is 14.7 Å². The van der Waals surface area contributed by atoms with E-state index in [2.05, 4.69) is 31.9 Å². The number of carboxylic acids is 1. The lowest BCUT2D eigenvalue weighted by Crippen LogP contribution is -2.50. The first kappa shape index (κ1) is 14.0. The Labute approximate surface area is 125 Å². The average Bonchev–Trinajstić information content (AvgIpc) is 2.82. The van der Waals surface area contributed by atoms with Gasteiger partial charge in [0.1, 0.15) is 5.54 Å². The van der Waals surface area contributed by atoms with Crippen molar-refractivity contribution < 1.29 is 14.7 Å². The molecular weight excluding hydrogens is 386 g/mol. The maximum atomic E-state index is 12.4. The minimum Gasteiger partial charge on any atom is -0.480 e. The van der Waals surface area contributed by atoms with Gasteiger partial charge in [0.05, 0.1) is 13.1 Å². The highest BCUT2D eigenvalue weighted by molar-refractivity contribution is 9.12. The summed E-state index contributed by atoms with van der Waals surface area (Å²) in [5.41, 5.74) is -0.577. The number of hydrogen-bond acceptors (Lipinski definition) is 3. The van der Waals surface area contributed by atoms with Crippen molar-refractivity contribution in [2.24, 2.45) is 0 Å². The summed E-state index contributed by atoms with van der Waals surface area (Å²) in [5, 5.41) is 9.30. The molecule has 1 aromatic rings. The lowest BCUT2D eigenvalue weighted by Gasteiger charge is -2.31. The zero-order valence-electron chi connectivity index (χ0n) is 9.57. The lowest BCUT2D eigenvalue weighted by atomic mass is 9.99. The van der Waals surface area contributed by atoms with Crippen LogP contribution in [0, 0.1) is 0 Å². The van der Waals surface area contributed by atoms with E-state index in [1.807, 2.05) is 0 Å². The van der Waals surface area contributed by atoms with E-state index >= 15 is 0 Å². The molecule has 4 nitrogen and oxygen atoms in total. The molecule has 0 aliphatic carbocycles. The monoisotopic (exact) mass is 395 g/mol. The first-order valence-electron chi connectivity index (χ1n) is 5.36. The Kier molecular flexibility index (Phi) is 3.85. The smallest absolute Gasteiger partial charge is 0.329 e. The molecule has 0 radical (unpaired) electrons. The number of nitrogens with zero attached hydrogens (tertiary/aromatic N) is 1. The van der Waals surface area contributed by atoms with Gasteiger partial charge >= 0.3 is 5.97 Å². The Bertz CT molecular complexity index is 516. The fourth-order valence-corrected chi connectivity index (χ4v) is 4.92. The van der Waals surface area contributed by atoms with Crippen molar-refractivity contribution in [2.75, 3.05) is 6.54 Å². The van der Waals surface area contributed by atoms with Crippen LogP contribution < -0.4 is 0 Å². The van der Waals surface area contributed by atoms with Crippen LogP contribution >= 0.6 is 43.2 Å². The second kappa shape index (κ2) is 4.94. The first-order valence-corrected chi connectivity index (χ1v) is 7.76. The number of hydrogen-bond donors (Lipinski definition) is 1. The van der Waals surface area contributed by atoms with E-state index < -0.39 is 11.5 Å². The van der Waals surface area contributed by atoms with Crippen LogP contribution in [0.25, 0.3) is 0 Å². The summed E-state index contributed by atoms with van der Waals surface area (Å²) >= 11 is 8.06. The zero-order valence-corrected chi connectivity index (χ0v) is 13.6. The number of carbonyl (C=O) groups is 2. The highest BCUT2D eigenvalue weighted by Crippen LogP contribution is 2.36. The lowest BCUT2D eigenvalue weighted by molar-refractivity contribution is -0.147. The molecule has 98 valence electrons. The minimum atomic E-state index is -1.09. The summed E-state index contributed by atoms with van der Waals surface area (Å²) in [4.78, 5) is 25.2. The minimum absolute atomic E-state index is 0.230. The normalized spacial score (nSPS) is 23.4. The molecule has 0 spiro atoms. The Balaban J connectivity index is 2.34. The van der Waals surface area contributed by atoms with Crippen molar-refractivity contribution in [3.63, 3.8) is 0 Å². The van der Waals surface area contributed by atoms with Crippen molar-refractivity contribution >= 4 is 55.1 Å². The van der Waals surface area contributed by atoms with Crippen LogP contribution in [0.2, 0.25) is 0 Å². The Morgan fingerprint density at radius 1 is 1.50 bits per heavy atom. The summed E-state index contributed by atoms with van der Waals surface area (Å²) < 4.78 is 1.56. The molecular formula is C11H11Br2NO3S. The second-order valence-electron chi connectivity index (χ2n) is 4.38. The van der Waals surface area contributed by atoms with Crippen LogP contribution in [0.15, 0.2) is 13.6 Å². The molecule has 1 saturated heterocycles. The van der Waals surface area contributed by atoms with Crippen molar-refractivity contribution in [3.05, 3.63) is 19.2 Å². The van der Waals surface area contributed by atoms with Gasteiger partial charge in [-0.25, -0.2) is 4.79 Å². The van der Waals surface area contributed by atoms with Gasteiger partial charge in [-0.1, -0.05) is 0 Å². The molecule has 1 fully saturated rings. The summed E-state index contributed by atoms with van der Waals surface area (Å²) in [7, 11) is 0. The van der Waals surface area contributed by atoms with E-state index in [1.54, 1.807) is 13.0 Å². The third kappa shape index (κ3) is 2.23. The van der Waals surface area contributed by atoms with Gasteiger partial charge in [0.15, 0.2) is 0 Å². The fourth-order valence-electron chi connectivity index (χ4n) is 2.14. The molecule has 1 unspecified atom stereocenters. The molecule has 1 aliphatic rings. The average molecular weight is 397 g/mol. The molecule has 0 aromatic carbocycles. The van der Waals surface area contributed by atoms with Crippen LogP contribution in [0.5, 0.6) is 0 Å². The number of carboxylic acid groups (broad SMARTS) is 1. The first-order chi connectivity index (χ1) is 8.36. The van der Waals surface area contributed by atoms with Crippen molar-refractivity contribution in [3.8, 4) is 0 Å². The third-order valence-corrected chi connectivity index (χ3v) is 5.57. The molecule has 0 saturated carbocycles. The van der Waals surface area contributed by atoms with Crippen LogP contribution in [-0.2, 0) is 4.79 Å². The summed E-state index contributed by atoms with van der Waals surface area (Å²) in [6.07, 6.45) is 1.22.